The molecule has 8 nitrogen and oxygen atoms in total. The highest BCUT2D eigenvalue weighted by atomic mass is 31.2. The van der Waals surface area contributed by atoms with Gasteiger partial charge in [-0.25, -0.2) is 4.57 Å². The van der Waals surface area contributed by atoms with Crippen LogP contribution in [-0.2, 0) is 27.9 Å². The summed E-state index contributed by atoms with van der Waals surface area (Å²) in [6, 6.07) is 0. The Morgan fingerprint density at radius 2 is 0.892 bits per heavy atom. The molecule has 378 valence electrons. The standard InChI is InChI=1S/C56H102NO7P/c1-6-8-10-12-14-16-18-20-22-24-25-26-27-28-29-30-31-32-34-36-38-40-42-44-46-48-51-61-53-55(54-63-65(59,60)62-52-50-57(3,4)5)64-56(58)49-47-45-43-41-39-37-35-33-23-21-19-17-15-13-11-9-7-2/h9,11,15,17-18,20-21,23-25,35,37,55H,6-8,10,12-14,16,19,22,26-34,36,38-54H2,1-5H3/p+1/b11-9-,17-15-,20-18-,23-21-,25-24-,37-35-. The molecule has 0 saturated carbocycles. The van der Waals surface area contributed by atoms with E-state index in [2.05, 4.69) is 86.8 Å². The van der Waals surface area contributed by atoms with E-state index in [0.29, 0.717) is 24.1 Å². The predicted molar refractivity (Wildman–Crippen MR) is 279 cm³/mol. The van der Waals surface area contributed by atoms with Gasteiger partial charge in [0.05, 0.1) is 34.4 Å². The fourth-order valence-corrected chi connectivity index (χ4v) is 7.90. The molecule has 0 amide bonds. The van der Waals surface area contributed by atoms with Gasteiger partial charge in [0.15, 0.2) is 0 Å². The van der Waals surface area contributed by atoms with Crippen molar-refractivity contribution in [2.45, 2.75) is 225 Å². The highest BCUT2D eigenvalue weighted by Crippen LogP contribution is 2.43. The molecule has 0 fully saturated rings. The number of quaternary nitrogens is 1. The van der Waals surface area contributed by atoms with Gasteiger partial charge in [-0.15, -0.1) is 0 Å². The van der Waals surface area contributed by atoms with Gasteiger partial charge in [-0.05, 0) is 83.5 Å². The summed E-state index contributed by atoms with van der Waals surface area (Å²) in [5.74, 6) is -0.337. The first kappa shape index (κ1) is 62.9. The molecule has 1 N–H and O–H groups in total. The van der Waals surface area contributed by atoms with Crippen molar-refractivity contribution in [3.8, 4) is 0 Å². The lowest BCUT2D eigenvalue weighted by Crippen LogP contribution is -2.37. The number of carbonyl (C=O) groups is 1. The monoisotopic (exact) mass is 933 g/mol. The van der Waals surface area contributed by atoms with Gasteiger partial charge < -0.3 is 18.9 Å². The lowest BCUT2D eigenvalue weighted by Gasteiger charge is -2.24. The number of likely N-dealkylation sites (N-methyl/N-ethyl adjacent to an activating group) is 1. The lowest BCUT2D eigenvalue weighted by molar-refractivity contribution is -0.870. The third-order valence-electron chi connectivity index (χ3n) is 11.3. The number of esters is 1. The molecule has 2 atom stereocenters. The van der Waals surface area contributed by atoms with E-state index in [-0.39, 0.29) is 25.8 Å². The number of carbonyl (C=O) groups excluding carboxylic acids is 1. The summed E-state index contributed by atoms with van der Waals surface area (Å²) >= 11 is 0. The molecular weight excluding hydrogens is 830 g/mol. The average molecular weight is 933 g/mol. The maximum Gasteiger partial charge on any atom is 0.472 e. The van der Waals surface area contributed by atoms with Crippen LogP contribution in [0.3, 0.4) is 0 Å². The van der Waals surface area contributed by atoms with Crippen LogP contribution in [0.1, 0.15) is 219 Å². The molecule has 0 bridgehead atoms. The fourth-order valence-electron chi connectivity index (χ4n) is 7.16. The summed E-state index contributed by atoms with van der Waals surface area (Å²) in [7, 11) is 1.65. The van der Waals surface area contributed by atoms with Crippen molar-refractivity contribution in [3.63, 3.8) is 0 Å². The molecule has 0 saturated heterocycles. The molecule has 0 aliphatic carbocycles. The molecule has 2 unspecified atom stereocenters. The van der Waals surface area contributed by atoms with Crippen molar-refractivity contribution in [2.24, 2.45) is 0 Å². The first-order valence-electron chi connectivity index (χ1n) is 26.7. The van der Waals surface area contributed by atoms with E-state index in [1.165, 1.54) is 122 Å². The van der Waals surface area contributed by atoms with Gasteiger partial charge in [0.2, 0.25) is 0 Å². The topological polar surface area (TPSA) is 91.3 Å². The number of hydrogen-bond acceptors (Lipinski definition) is 6. The Morgan fingerprint density at radius 1 is 0.492 bits per heavy atom. The Bertz CT molecular complexity index is 1270. The average Bonchev–Trinajstić information content (AvgIpc) is 3.27. The van der Waals surface area contributed by atoms with Gasteiger partial charge in [-0.3, -0.25) is 13.8 Å². The highest BCUT2D eigenvalue weighted by molar-refractivity contribution is 7.47. The third kappa shape index (κ3) is 52.8. The van der Waals surface area contributed by atoms with Crippen LogP contribution in [0.15, 0.2) is 72.9 Å². The summed E-state index contributed by atoms with van der Waals surface area (Å²) in [4.78, 5) is 23.0. The summed E-state index contributed by atoms with van der Waals surface area (Å²) in [5.41, 5.74) is 0. The number of hydrogen-bond donors (Lipinski definition) is 1. The molecule has 0 aromatic rings. The molecule has 9 heteroatoms. The second-order valence-corrected chi connectivity index (χ2v) is 20.3. The number of allylic oxidation sites excluding steroid dienone is 12. The minimum Gasteiger partial charge on any atom is -0.457 e. The SMILES string of the molecule is CC/C=C\C/C=C\C/C=C\C/C=C\CCCCCCC(=O)OC(COCCCCCCCCCCCCCCCC/C=C\C/C=C\CCCCCCC)COP(=O)(O)OCC[N+](C)(C)C. The Morgan fingerprint density at radius 3 is 1.34 bits per heavy atom. The number of ether oxygens (including phenoxy) is 2. The van der Waals surface area contributed by atoms with E-state index in [0.717, 1.165) is 77.0 Å². The predicted octanol–water partition coefficient (Wildman–Crippen LogP) is 16.6. The minimum absolute atomic E-state index is 0.0807. The number of nitrogens with zero attached hydrogens (tertiary/aromatic N) is 1. The van der Waals surface area contributed by atoms with E-state index in [1.54, 1.807) is 0 Å². The number of unbranched alkanes of at least 4 members (excludes halogenated alkanes) is 23. The molecule has 0 radical (unpaired) electrons. The van der Waals surface area contributed by atoms with Crippen LogP contribution < -0.4 is 0 Å². The summed E-state index contributed by atoms with van der Waals surface area (Å²) in [6.07, 6.45) is 63.9. The molecule has 0 heterocycles. The zero-order valence-electron chi connectivity index (χ0n) is 43.0. The van der Waals surface area contributed by atoms with Gasteiger partial charge >= 0.3 is 13.8 Å². The highest BCUT2D eigenvalue weighted by Gasteiger charge is 2.26. The first-order valence-corrected chi connectivity index (χ1v) is 28.2. The van der Waals surface area contributed by atoms with Crippen LogP contribution in [-0.4, -0.2) is 75.6 Å². The van der Waals surface area contributed by atoms with Crippen LogP contribution in [0.5, 0.6) is 0 Å². The Labute approximate surface area is 402 Å². The van der Waals surface area contributed by atoms with Gasteiger partial charge in [-0.2, -0.15) is 0 Å². The molecule has 0 spiro atoms. The van der Waals surface area contributed by atoms with Crippen LogP contribution in [0, 0.1) is 0 Å². The summed E-state index contributed by atoms with van der Waals surface area (Å²) < 4.78 is 35.1. The number of rotatable bonds is 49. The molecular formula is C56H103NO7P+. The minimum atomic E-state index is -4.29. The van der Waals surface area contributed by atoms with Gasteiger partial charge in [-0.1, -0.05) is 202 Å². The third-order valence-corrected chi connectivity index (χ3v) is 12.2. The number of phosphoric acid groups is 1. The van der Waals surface area contributed by atoms with Crippen molar-refractivity contribution < 1.29 is 37.3 Å². The molecule has 0 aliphatic rings. The second-order valence-electron chi connectivity index (χ2n) is 18.9. The fraction of sp³-hybridized carbons (Fsp3) is 0.768. The van der Waals surface area contributed by atoms with Crippen molar-refractivity contribution in [1.29, 1.82) is 0 Å². The zero-order chi connectivity index (χ0) is 47.6. The van der Waals surface area contributed by atoms with Gasteiger partial charge in [0.25, 0.3) is 0 Å². The largest absolute Gasteiger partial charge is 0.472 e. The number of phosphoric ester groups is 1. The molecule has 0 aliphatic heterocycles. The first-order chi connectivity index (χ1) is 31.6. The quantitative estimate of drug-likeness (QED) is 0.0214. The van der Waals surface area contributed by atoms with E-state index in [9.17, 15) is 14.3 Å². The Kier molecular flexibility index (Phi) is 46.9. The van der Waals surface area contributed by atoms with Crippen molar-refractivity contribution in [1.82, 2.24) is 0 Å². The van der Waals surface area contributed by atoms with Crippen LogP contribution in [0.25, 0.3) is 0 Å². The van der Waals surface area contributed by atoms with E-state index >= 15 is 0 Å². The zero-order valence-corrected chi connectivity index (χ0v) is 43.9. The van der Waals surface area contributed by atoms with Crippen molar-refractivity contribution >= 4 is 13.8 Å². The maximum absolute atomic E-state index is 12.8. The second kappa shape index (κ2) is 48.4. The molecule has 0 aromatic heterocycles. The normalized spacial score (nSPS) is 14.1. The van der Waals surface area contributed by atoms with E-state index in [1.807, 2.05) is 21.1 Å². The molecule has 0 aromatic carbocycles. The van der Waals surface area contributed by atoms with Crippen molar-refractivity contribution in [3.05, 3.63) is 72.9 Å². The van der Waals surface area contributed by atoms with Crippen molar-refractivity contribution in [2.75, 3.05) is 54.1 Å². The van der Waals surface area contributed by atoms with Crippen LogP contribution >= 0.6 is 7.82 Å². The Hall–Kier alpha value is -2.06. The van der Waals surface area contributed by atoms with Crippen LogP contribution in [0.4, 0.5) is 0 Å². The van der Waals surface area contributed by atoms with Crippen LogP contribution in [0.2, 0.25) is 0 Å². The Balaban J connectivity index is 4.11. The molecule has 65 heavy (non-hydrogen) atoms. The summed E-state index contributed by atoms with van der Waals surface area (Å²) in [5, 5.41) is 0. The van der Waals surface area contributed by atoms with Gasteiger partial charge in [0.1, 0.15) is 19.3 Å². The maximum atomic E-state index is 12.8. The van der Waals surface area contributed by atoms with E-state index < -0.39 is 13.9 Å². The lowest BCUT2D eigenvalue weighted by atomic mass is 10.0. The van der Waals surface area contributed by atoms with E-state index in [4.69, 9.17) is 18.5 Å². The smallest absolute Gasteiger partial charge is 0.457 e. The summed E-state index contributed by atoms with van der Waals surface area (Å²) in [6.45, 7) is 5.47. The van der Waals surface area contributed by atoms with Gasteiger partial charge in [0, 0.05) is 13.0 Å². The molecule has 0 rings (SSSR count).